The fourth-order valence-corrected chi connectivity index (χ4v) is 2.20. The second-order valence-electron chi connectivity index (χ2n) is 5.48. The molecule has 0 aromatic heterocycles. The van der Waals surface area contributed by atoms with Gasteiger partial charge in [0.15, 0.2) is 6.10 Å². The van der Waals surface area contributed by atoms with Crippen molar-refractivity contribution in [3.05, 3.63) is 61.2 Å². The zero-order valence-corrected chi connectivity index (χ0v) is 14.1. The van der Waals surface area contributed by atoms with Crippen LogP contribution < -0.4 is 0 Å². The van der Waals surface area contributed by atoms with Gasteiger partial charge >= 0.3 is 17.9 Å². The third-order valence-corrected chi connectivity index (χ3v) is 3.53. The van der Waals surface area contributed by atoms with E-state index < -0.39 is 24.0 Å². The van der Waals surface area contributed by atoms with E-state index in [0.717, 1.165) is 31.4 Å². The molecule has 0 heterocycles. The van der Waals surface area contributed by atoms with E-state index in [1.807, 2.05) is 30.3 Å². The lowest BCUT2D eigenvalue weighted by Gasteiger charge is -2.30. The van der Waals surface area contributed by atoms with Crippen LogP contribution in [0.4, 0.5) is 0 Å². The van der Waals surface area contributed by atoms with E-state index in [-0.39, 0.29) is 6.42 Å². The van der Waals surface area contributed by atoms with Crippen LogP contribution in [0.5, 0.6) is 0 Å². The van der Waals surface area contributed by atoms with E-state index in [1.54, 1.807) is 0 Å². The molecule has 0 saturated heterocycles. The van der Waals surface area contributed by atoms with E-state index in [1.165, 1.54) is 5.56 Å². The van der Waals surface area contributed by atoms with Crippen molar-refractivity contribution < 1.29 is 29.3 Å². The van der Waals surface area contributed by atoms with Gasteiger partial charge in [-0.15, -0.1) is 0 Å². The second kappa shape index (κ2) is 10.4. The molecule has 25 heavy (non-hydrogen) atoms. The lowest BCUT2D eigenvalue weighted by atomic mass is 10.0. The number of aliphatic hydroxyl groups excluding tert-OH is 1. The van der Waals surface area contributed by atoms with Gasteiger partial charge in [-0.2, -0.15) is 0 Å². The number of hydrogen-bond acceptors (Lipinski definition) is 6. The van der Waals surface area contributed by atoms with E-state index in [0.29, 0.717) is 6.42 Å². The van der Waals surface area contributed by atoms with Crippen LogP contribution in [0.1, 0.15) is 31.2 Å². The summed E-state index contributed by atoms with van der Waals surface area (Å²) >= 11 is 0. The number of carbonyl (C=O) groups is 2. The van der Waals surface area contributed by atoms with Crippen LogP contribution in [0.3, 0.4) is 0 Å². The zero-order valence-electron chi connectivity index (χ0n) is 14.1. The highest BCUT2D eigenvalue weighted by Crippen LogP contribution is 2.21. The van der Waals surface area contributed by atoms with Crippen LogP contribution in [0.15, 0.2) is 55.6 Å². The number of benzene rings is 1. The molecule has 0 aliphatic rings. The van der Waals surface area contributed by atoms with Gasteiger partial charge in [-0.1, -0.05) is 56.3 Å². The van der Waals surface area contributed by atoms with Gasteiger partial charge in [0.05, 0.1) is 0 Å². The number of esters is 2. The summed E-state index contributed by atoms with van der Waals surface area (Å²) in [7, 11) is 0. The summed E-state index contributed by atoms with van der Waals surface area (Å²) in [6.07, 6.45) is 3.21. The lowest BCUT2D eigenvalue weighted by molar-refractivity contribution is -0.358. The molecule has 0 saturated carbocycles. The highest BCUT2D eigenvalue weighted by Gasteiger charge is 2.43. The molecule has 136 valence electrons. The highest BCUT2D eigenvalue weighted by atomic mass is 16.8. The average molecular weight is 348 g/mol. The maximum absolute atomic E-state index is 11.3. The van der Waals surface area contributed by atoms with Gasteiger partial charge in [0.2, 0.25) is 0 Å². The van der Waals surface area contributed by atoms with Crippen molar-refractivity contribution in [3.8, 4) is 0 Å². The number of hydrogen-bond donors (Lipinski definition) is 2. The largest absolute Gasteiger partial charge is 0.401 e. The summed E-state index contributed by atoms with van der Waals surface area (Å²) in [5.74, 6) is -4.82. The quantitative estimate of drug-likeness (QED) is 0.276. The van der Waals surface area contributed by atoms with E-state index >= 15 is 0 Å². The minimum Gasteiger partial charge on any atom is -0.393 e. The molecule has 6 nitrogen and oxygen atoms in total. The van der Waals surface area contributed by atoms with E-state index in [2.05, 4.69) is 22.6 Å². The molecule has 0 fully saturated rings. The standard InChI is InChI=1S/C19H24O6/c1-3-17(21)24-19(23,25-18(22)4-2)16(20)14-10-6-9-13-15-11-7-5-8-12-15/h3-5,7-8,11-12,16,20,23H,1-2,6,9-10,13-14H2. The smallest absolute Gasteiger partial charge is 0.393 e. The summed E-state index contributed by atoms with van der Waals surface area (Å²) in [6, 6.07) is 9.98. The van der Waals surface area contributed by atoms with Crippen LogP contribution in [-0.4, -0.2) is 34.2 Å². The molecule has 1 rings (SSSR count). The van der Waals surface area contributed by atoms with Gasteiger partial charge in [-0.05, 0) is 24.8 Å². The summed E-state index contributed by atoms with van der Waals surface area (Å²) in [5, 5.41) is 20.3. The molecule has 0 radical (unpaired) electrons. The first-order chi connectivity index (χ1) is 11.9. The minimum absolute atomic E-state index is 0.0835. The maximum atomic E-state index is 11.3. The normalized spacial score (nSPS) is 12.1. The van der Waals surface area contributed by atoms with Gasteiger partial charge in [0.25, 0.3) is 0 Å². The van der Waals surface area contributed by atoms with Gasteiger partial charge in [-0.3, -0.25) is 0 Å². The Kier molecular flexibility index (Phi) is 8.60. The molecule has 0 amide bonds. The third-order valence-electron chi connectivity index (χ3n) is 3.53. The van der Waals surface area contributed by atoms with Gasteiger partial charge < -0.3 is 19.7 Å². The van der Waals surface area contributed by atoms with Crippen molar-refractivity contribution >= 4 is 11.9 Å². The van der Waals surface area contributed by atoms with Gasteiger partial charge in [0, 0.05) is 12.2 Å². The van der Waals surface area contributed by atoms with E-state index in [9.17, 15) is 19.8 Å². The Morgan fingerprint density at radius 3 is 2.12 bits per heavy atom. The SMILES string of the molecule is C=CC(=O)OC(O)(OC(=O)C=C)C(O)CCCCCc1ccccc1. The molecule has 1 aromatic rings. The molecule has 2 N–H and O–H groups in total. The molecule has 1 unspecified atom stereocenters. The first-order valence-corrected chi connectivity index (χ1v) is 8.06. The Bertz CT molecular complexity index is 559. The Labute approximate surface area is 147 Å². The minimum atomic E-state index is -2.77. The predicted octanol–water partition coefficient (Wildman–Crippen LogP) is 2.25. The Balaban J connectivity index is 2.49. The number of aryl methyl sites for hydroxylation is 1. The first-order valence-electron chi connectivity index (χ1n) is 8.06. The van der Waals surface area contributed by atoms with Crippen molar-refractivity contribution in [3.63, 3.8) is 0 Å². The molecule has 0 aliphatic heterocycles. The van der Waals surface area contributed by atoms with Gasteiger partial charge in [0.1, 0.15) is 0 Å². The summed E-state index contributed by atoms with van der Waals surface area (Å²) in [6.45, 7) is 6.38. The van der Waals surface area contributed by atoms with Crippen LogP contribution in [0, 0.1) is 0 Å². The number of rotatable bonds is 11. The Morgan fingerprint density at radius 2 is 1.60 bits per heavy atom. The van der Waals surface area contributed by atoms with Crippen molar-refractivity contribution in [2.24, 2.45) is 0 Å². The van der Waals surface area contributed by atoms with Crippen LogP contribution in [-0.2, 0) is 25.5 Å². The predicted molar refractivity (Wildman–Crippen MR) is 92.1 cm³/mol. The molecule has 6 heteroatoms. The molecular formula is C19H24O6. The maximum Gasteiger partial charge on any atom is 0.401 e. The summed E-state index contributed by atoms with van der Waals surface area (Å²) in [4.78, 5) is 22.6. The van der Waals surface area contributed by atoms with Crippen molar-refractivity contribution in [1.82, 2.24) is 0 Å². The van der Waals surface area contributed by atoms with Crippen LogP contribution in [0.25, 0.3) is 0 Å². The molecule has 1 aromatic carbocycles. The lowest BCUT2D eigenvalue weighted by Crippen LogP contribution is -2.49. The monoisotopic (exact) mass is 348 g/mol. The number of aliphatic hydroxyl groups is 2. The topological polar surface area (TPSA) is 93.1 Å². The zero-order chi connectivity index (χ0) is 18.7. The number of ether oxygens (including phenoxy) is 2. The molecule has 0 aliphatic carbocycles. The molecule has 0 bridgehead atoms. The number of carbonyl (C=O) groups excluding carboxylic acids is 2. The molecule has 1 atom stereocenters. The second-order valence-corrected chi connectivity index (χ2v) is 5.48. The first kappa shape index (κ1) is 20.6. The summed E-state index contributed by atoms with van der Waals surface area (Å²) < 4.78 is 9.21. The Hall–Kier alpha value is -2.44. The third kappa shape index (κ3) is 7.32. The van der Waals surface area contributed by atoms with Gasteiger partial charge in [-0.25, -0.2) is 9.59 Å². The van der Waals surface area contributed by atoms with Crippen molar-refractivity contribution in [1.29, 1.82) is 0 Å². The van der Waals surface area contributed by atoms with E-state index in [4.69, 9.17) is 0 Å². The van der Waals surface area contributed by atoms with Crippen molar-refractivity contribution in [2.75, 3.05) is 0 Å². The highest BCUT2D eigenvalue weighted by molar-refractivity contribution is 5.83. The number of unbranched alkanes of at least 4 members (excludes halogenated alkanes) is 2. The van der Waals surface area contributed by atoms with Crippen LogP contribution in [0.2, 0.25) is 0 Å². The fraction of sp³-hybridized carbons (Fsp3) is 0.368. The molecular weight excluding hydrogens is 324 g/mol. The Morgan fingerprint density at radius 1 is 1.04 bits per heavy atom. The average Bonchev–Trinajstić information content (AvgIpc) is 2.61. The fourth-order valence-electron chi connectivity index (χ4n) is 2.20. The van der Waals surface area contributed by atoms with Crippen LogP contribution >= 0.6 is 0 Å². The molecule has 0 spiro atoms. The summed E-state index contributed by atoms with van der Waals surface area (Å²) in [5.41, 5.74) is 1.22. The van der Waals surface area contributed by atoms with Crippen molar-refractivity contribution in [2.45, 2.75) is 44.2 Å².